The molecule has 2 aliphatic rings. The molecule has 0 aromatic rings. The molecule has 2 rings (SSSR count). The zero-order valence-electron chi connectivity index (χ0n) is 15.1. The Morgan fingerprint density at radius 3 is 2.52 bits per heavy atom. The van der Waals surface area contributed by atoms with E-state index in [4.69, 9.17) is 9.47 Å². The summed E-state index contributed by atoms with van der Waals surface area (Å²) < 4.78 is 9.87. The van der Waals surface area contributed by atoms with Gasteiger partial charge in [-0.1, -0.05) is 26.8 Å². The number of carbonyl (C=O) groups is 2. The fourth-order valence-corrected chi connectivity index (χ4v) is 5.01. The maximum Gasteiger partial charge on any atom is 0.333 e. The Labute approximate surface area is 139 Å². The zero-order valence-corrected chi connectivity index (χ0v) is 15.1. The van der Waals surface area contributed by atoms with Gasteiger partial charge in [0.25, 0.3) is 0 Å². The van der Waals surface area contributed by atoms with E-state index in [0.29, 0.717) is 18.3 Å². The predicted octanol–water partition coefficient (Wildman–Crippen LogP) is 3.89. The van der Waals surface area contributed by atoms with Gasteiger partial charge >= 0.3 is 11.9 Å². The van der Waals surface area contributed by atoms with Crippen LogP contribution in [-0.2, 0) is 19.1 Å². The largest absolute Gasteiger partial charge is 0.469 e. The van der Waals surface area contributed by atoms with Crippen molar-refractivity contribution in [2.45, 2.75) is 59.3 Å². The van der Waals surface area contributed by atoms with Gasteiger partial charge in [0.05, 0.1) is 14.2 Å². The first-order chi connectivity index (χ1) is 10.8. The SMILES string of the molecule is COC(=O)CCC1(C)C(C)CCC2(C)C(C(=O)OC)=CCCC21. The lowest BCUT2D eigenvalue weighted by molar-refractivity contribution is -0.145. The van der Waals surface area contributed by atoms with E-state index in [0.717, 1.165) is 37.7 Å². The van der Waals surface area contributed by atoms with Gasteiger partial charge in [0.1, 0.15) is 0 Å². The number of rotatable bonds is 4. The summed E-state index contributed by atoms with van der Waals surface area (Å²) in [4.78, 5) is 23.9. The molecule has 0 saturated heterocycles. The molecule has 0 heterocycles. The Bertz CT molecular complexity index is 509. The van der Waals surface area contributed by atoms with E-state index in [1.807, 2.05) is 0 Å². The molecule has 23 heavy (non-hydrogen) atoms. The first kappa shape index (κ1) is 18.0. The number of carbonyl (C=O) groups excluding carboxylic acids is 2. The summed E-state index contributed by atoms with van der Waals surface area (Å²) >= 11 is 0. The van der Waals surface area contributed by atoms with Crippen LogP contribution < -0.4 is 0 Å². The van der Waals surface area contributed by atoms with Crippen LogP contribution in [0.1, 0.15) is 59.3 Å². The van der Waals surface area contributed by atoms with Crippen molar-refractivity contribution in [1.29, 1.82) is 0 Å². The van der Waals surface area contributed by atoms with E-state index in [9.17, 15) is 9.59 Å². The summed E-state index contributed by atoms with van der Waals surface area (Å²) in [5.41, 5.74) is 0.727. The molecule has 0 aromatic heterocycles. The van der Waals surface area contributed by atoms with Crippen molar-refractivity contribution in [3.63, 3.8) is 0 Å². The van der Waals surface area contributed by atoms with E-state index in [1.54, 1.807) is 0 Å². The summed E-state index contributed by atoms with van der Waals surface area (Å²) in [6.07, 6.45) is 7.38. The Morgan fingerprint density at radius 2 is 1.91 bits per heavy atom. The number of allylic oxidation sites excluding steroid dienone is 1. The molecule has 4 nitrogen and oxygen atoms in total. The van der Waals surface area contributed by atoms with Crippen molar-refractivity contribution < 1.29 is 19.1 Å². The molecule has 0 aromatic carbocycles. The van der Waals surface area contributed by atoms with Crippen molar-refractivity contribution in [1.82, 2.24) is 0 Å². The molecule has 0 radical (unpaired) electrons. The van der Waals surface area contributed by atoms with Crippen molar-refractivity contribution in [2.75, 3.05) is 14.2 Å². The summed E-state index contributed by atoms with van der Waals surface area (Å²) in [6.45, 7) is 6.79. The van der Waals surface area contributed by atoms with Gasteiger partial charge in [-0.3, -0.25) is 4.79 Å². The molecule has 0 amide bonds. The van der Waals surface area contributed by atoms with Crippen molar-refractivity contribution in [3.05, 3.63) is 11.6 Å². The molecule has 4 unspecified atom stereocenters. The maximum atomic E-state index is 12.3. The van der Waals surface area contributed by atoms with E-state index < -0.39 is 0 Å². The quantitative estimate of drug-likeness (QED) is 0.737. The van der Waals surface area contributed by atoms with Gasteiger partial charge in [0.2, 0.25) is 0 Å². The van der Waals surface area contributed by atoms with E-state index >= 15 is 0 Å². The van der Waals surface area contributed by atoms with Crippen molar-refractivity contribution >= 4 is 11.9 Å². The Hall–Kier alpha value is -1.32. The van der Waals surface area contributed by atoms with Crippen LogP contribution in [0.25, 0.3) is 0 Å². The molecule has 1 fully saturated rings. The number of ether oxygens (including phenoxy) is 2. The molecule has 130 valence electrons. The monoisotopic (exact) mass is 322 g/mol. The number of methoxy groups -OCH3 is 2. The Morgan fingerprint density at radius 1 is 1.22 bits per heavy atom. The van der Waals surface area contributed by atoms with Crippen LogP contribution in [0.5, 0.6) is 0 Å². The molecule has 4 atom stereocenters. The lowest BCUT2D eigenvalue weighted by atomic mass is 9.47. The van der Waals surface area contributed by atoms with Gasteiger partial charge in [-0.25, -0.2) is 4.79 Å². The third-order valence-corrected chi connectivity index (χ3v) is 6.71. The highest BCUT2D eigenvalue weighted by atomic mass is 16.5. The second-order valence-electron chi connectivity index (χ2n) is 7.68. The average Bonchev–Trinajstić information content (AvgIpc) is 2.55. The minimum Gasteiger partial charge on any atom is -0.469 e. The normalized spacial score (nSPS) is 36.7. The molecule has 0 spiro atoms. The van der Waals surface area contributed by atoms with Gasteiger partial charge in [-0.05, 0) is 49.4 Å². The highest BCUT2D eigenvalue weighted by Gasteiger charge is 2.55. The summed E-state index contributed by atoms with van der Waals surface area (Å²) in [5.74, 6) is 0.581. The molecular weight excluding hydrogens is 292 g/mol. The minimum absolute atomic E-state index is 0.0364. The molecular formula is C19H30O4. The first-order valence-electron chi connectivity index (χ1n) is 8.65. The molecule has 0 N–H and O–H groups in total. The topological polar surface area (TPSA) is 52.6 Å². The van der Waals surface area contributed by atoms with Crippen LogP contribution in [0.3, 0.4) is 0 Å². The van der Waals surface area contributed by atoms with Crippen LogP contribution in [0.4, 0.5) is 0 Å². The van der Waals surface area contributed by atoms with E-state index in [1.165, 1.54) is 14.2 Å². The van der Waals surface area contributed by atoms with Crippen LogP contribution in [-0.4, -0.2) is 26.2 Å². The Kier molecular flexibility index (Phi) is 5.22. The average molecular weight is 322 g/mol. The number of hydrogen-bond acceptors (Lipinski definition) is 4. The van der Waals surface area contributed by atoms with E-state index in [2.05, 4.69) is 26.8 Å². The van der Waals surface area contributed by atoms with Gasteiger partial charge in [0.15, 0.2) is 0 Å². The second kappa shape index (κ2) is 6.66. The van der Waals surface area contributed by atoms with E-state index in [-0.39, 0.29) is 22.8 Å². The van der Waals surface area contributed by atoms with Crippen molar-refractivity contribution in [2.24, 2.45) is 22.7 Å². The van der Waals surface area contributed by atoms with Gasteiger partial charge in [-0.15, -0.1) is 0 Å². The fourth-order valence-electron chi connectivity index (χ4n) is 5.01. The van der Waals surface area contributed by atoms with Crippen LogP contribution in [0, 0.1) is 22.7 Å². The summed E-state index contributed by atoms with van der Waals surface area (Å²) in [5, 5.41) is 0. The Balaban J connectivity index is 2.32. The lowest BCUT2D eigenvalue weighted by Crippen LogP contribution is -2.51. The molecule has 2 aliphatic carbocycles. The molecule has 0 aliphatic heterocycles. The molecule has 1 saturated carbocycles. The predicted molar refractivity (Wildman–Crippen MR) is 88.7 cm³/mol. The molecule has 4 heteroatoms. The third-order valence-electron chi connectivity index (χ3n) is 6.71. The summed E-state index contributed by atoms with van der Waals surface area (Å²) in [7, 11) is 2.90. The molecule has 0 bridgehead atoms. The van der Waals surface area contributed by atoms with Crippen molar-refractivity contribution in [3.8, 4) is 0 Å². The number of hydrogen-bond donors (Lipinski definition) is 0. The van der Waals surface area contributed by atoms with Crippen LogP contribution >= 0.6 is 0 Å². The van der Waals surface area contributed by atoms with Gasteiger partial charge in [0, 0.05) is 17.4 Å². The van der Waals surface area contributed by atoms with Gasteiger partial charge < -0.3 is 9.47 Å². The van der Waals surface area contributed by atoms with Gasteiger partial charge in [-0.2, -0.15) is 0 Å². The fraction of sp³-hybridized carbons (Fsp3) is 0.789. The number of fused-ring (bicyclic) bond motifs is 1. The van der Waals surface area contributed by atoms with Crippen LogP contribution in [0.2, 0.25) is 0 Å². The minimum atomic E-state index is -0.193. The lowest BCUT2D eigenvalue weighted by Gasteiger charge is -2.57. The smallest absolute Gasteiger partial charge is 0.333 e. The second-order valence-corrected chi connectivity index (χ2v) is 7.68. The maximum absolute atomic E-state index is 12.3. The zero-order chi connectivity index (χ0) is 17.3. The van der Waals surface area contributed by atoms with Crippen LogP contribution in [0.15, 0.2) is 11.6 Å². The summed E-state index contributed by atoms with van der Waals surface area (Å²) in [6, 6.07) is 0. The highest BCUT2D eigenvalue weighted by Crippen LogP contribution is 2.61. The third kappa shape index (κ3) is 3.05. The standard InChI is InChI=1S/C19H30O4/c1-13-9-11-19(3)14(17(21)23-5)7-6-8-15(19)18(13,2)12-10-16(20)22-4/h7,13,15H,6,8-12H2,1-5H3. The number of esters is 2. The highest BCUT2D eigenvalue weighted by molar-refractivity contribution is 5.90. The first-order valence-corrected chi connectivity index (χ1v) is 8.65.